The fourth-order valence-corrected chi connectivity index (χ4v) is 3.44. The van der Waals surface area contributed by atoms with E-state index in [1.165, 1.54) is 0 Å². The standard InChI is InChI=1S/C21H20N2O6/c22-16-13-27-23(19(16)25)21(12-11-17(24)29-21)20(26)28-18(14-7-3-1-4-8-14)15-9-5-2-6-10-15/h1-10,16,18H,11-13,22H2. The predicted molar refractivity (Wildman–Crippen MR) is 99.6 cm³/mol. The van der Waals surface area contributed by atoms with Crippen LogP contribution in [0.2, 0.25) is 0 Å². The van der Waals surface area contributed by atoms with Gasteiger partial charge in [0.05, 0.1) is 13.0 Å². The topological polar surface area (TPSA) is 108 Å². The van der Waals surface area contributed by atoms with E-state index in [-0.39, 0.29) is 19.4 Å². The smallest absolute Gasteiger partial charge is 0.376 e. The van der Waals surface area contributed by atoms with Crippen LogP contribution in [0.15, 0.2) is 60.7 Å². The molecule has 0 bridgehead atoms. The molecule has 0 aromatic heterocycles. The maximum atomic E-state index is 13.3. The number of hydrogen-bond acceptors (Lipinski definition) is 7. The van der Waals surface area contributed by atoms with Crippen molar-refractivity contribution in [1.29, 1.82) is 0 Å². The lowest BCUT2D eigenvalue weighted by molar-refractivity contribution is -0.260. The second kappa shape index (κ2) is 7.65. The summed E-state index contributed by atoms with van der Waals surface area (Å²) in [6, 6.07) is 17.4. The Morgan fingerprint density at radius 1 is 1.07 bits per heavy atom. The number of hydroxylamine groups is 2. The van der Waals surface area contributed by atoms with Crippen LogP contribution >= 0.6 is 0 Å². The molecule has 2 fully saturated rings. The Morgan fingerprint density at radius 2 is 1.66 bits per heavy atom. The largest absolute Gasteiger partial charge is 0.448 e. The molecule has 2 saturated heterocycles. The molecule has 2 aromatic rings. The van der Waals surface area contributed by atoms with Gasteiger partial charge in [-0.3, -0.25) is 14.4 Å². The number of benzene rings is 2. The summed E-state index contributed by atoms with van der Waals surface area (Å²) in [5, 5.41) is 0.762. The van der Waals surface area contributed by atoms with Crippen LogP contribution in [0.4, 0.5) is 0 Å². The highest BCUT2D eigenvalue weighted by atomic mass is 16.8. The molecule has 1 amide bonds. The molecule has 2 heterocycles. The first-order valence-corrected chi connectivity index (χ1v) is 9.26. The van der Waals surface area contributed by atoms with Crippen molar-refractivity contribution < 1.29 is 28.7 Å². The number of cyclic esters (lactones) is 1. The summed E-state index contributed by atoms with van der Waals surface area (Å²) in [6.07, 6.45) is -0.870. The molecule has 2 N–H and O–H groups in total. The molecule has 0 spiro atoms. The summed E-state index contributed by atoms with van der Waals surface area (Å²) >= 11 is 0. The number of rotatable bonds is 5. The minimum absolute atomic E-state index is 0.0428. The Labute approximate surface area is 167 Å². The maximum absolute atomic E-state index is 13.3. The Bertz CT molecular complexity index is 880. The monoisotopic (exact) mass is 396 g/mol. The van der Waals surface area contributed by atoms with Crippen molar-refractivity contribution in [3.05, 3.63) is 71.8 Å². The summed E-state index contributed by atoms with van der Waals surface area (Å²) < 4.78 is 11.1. The maximum Gasteiger partial charge on any atom is 0.376 e. The van der Waals surface area contributed by atoms with E-state index in [1.807, 2.05) is 60.7 Å². The van der Waals surface area contributed by atoms with Gasteiger partial charge in [0.25, 0.3) is 5.91 Å². The summed E-state index contributed by atoms with van der Waals surface area (Å²) in [7, 11) is 0. The third-order valence-corrected chi connectivity index (χ3v) is 4.93. The predicted octanol–water partition coefficient (Wildman–Crippen LogP) is 1.45. The van der Waals surface area contributed by atoms with Gasteiger partial charge >= 0.3 is 17.7 Å². The molecule has 2 unspecified atom stereocenters. The molecule has 29 heavy (non-hydrogen) atoms. The molecule has 0 aliphatic carbocycles. The molecular formula is C21H20N2O6. The minimum atomic E-state index is -1.98. The summed E-state index contributed by atoms with van der Waals surface area (Å²) in [5.41, 5.74) is 5.19. The number of nitrogens with zero attached hydrogens (tertiary/aromatic N) is 1. The first-order chi connectivity index (χ1) is 14.0. The lowest BCUT2D eigenvalue weighted by Gasteiger charge is -2.33. The zero-order valence-electron chi connectivity index (χ0n) is 15.5. The van der Waals surface area contributed by atoms with Crippen LogP contribution in [-0.2, 0) is 28.7 Å². The van der Waals surface area contributed by atoms with E-state index in [2.05, 4.69) is 0 Å². The van der Waals surface area contributed by atoms with Crippen molar-refractivity contribution >= 4 is 17.8 Å². The third-order valence-electron chi connectivity index (χ3n) is 4.93. The van der Waals surface area contributed by atoms with Gasteiger partial charge in [-0.15, -0.1) is 0 Å². The molecule has 2 aliphatic heterocycles. The molecule has 8 heteroatoms. The molecule has 4 rings (SSSR count). The van der Waals surface area contributed by atoms with Gasteiger partial charge in [0.15, 0.2) is 6.10 Å². The quantitative estimate of drug-likeness (QED) is 0.762. The van der Waals surface area contributed by atoms with E-state index in [0.717, 1.165) is 16.2 Å². The van der Waals surface area contributed by atoms with Gasteiger partial charge < -0.3 is 15.2 Å². The molecule has 0 radical (unpaired) electrons. The van der Waals surface area contributed by atoms with Crippen molar-refractivity contribution in [2.75, 3.05) is 6.61 Å². The molecule has 150 valence electrons. The number of carbonyl (C=O) groups excluding carboxylic acids is 3. The Hall–Kier alpha value is -3.23. The first kappa shape index (κ1) is 19.1. The van der Waals surface area contributed by atoms with Crippen LogP contribution in [0.25, 0.3) is 0 Å². The average molecular weight is 396 g/mol. The average Bonchev–Trinajstić information content (AvgIpc) is 3.30. The summed E-state index contributed by atoms with van der Waals surface area (Å²) in [6.45, 7) is -0.105. The van der Waals surface area contributed by atoms with Crippen molar-refractivity contribution in [1.82, 2.24) is 5.06 Å². The fraction of sp³-hybridized carbons (Fsp3) is 0.286. The van der Waals surface area contributed by atoms with Crippen molar-refractivity contribution in [2.24, 2.45) is 5.73 Å². The number of carbonyl (C=O) groups is 3. The minimum Gasteiger partial charge on any atom is -0.448 e. The Kier molecular flexibility index (Phi) is 5.04. The molecule has 2 atom stereocenters. The summed E-state index contributed by atoms with van der Waals surface area (Å²) in [5.74, 6) is -2.13. The van der Waals surface area contributed by atoms with Gasteiger partial charge in [-0.2, -0.15) is 5.06 Å². The highest BCUT2D eigenvalue weighted by Gasteiger charge is 2.59. The zero-order valence-corrected chi connectivity index (χ0v) is 15.5. The van der Waals surface area contributed by atoms with E-state index < -0.39 is 35.7 Å². The van der Waals surface area contributed by atoms with Crippen LogP contribution in [0.5, 0.6) is 0 Å². The van der Waals surface area contributed by atoms with Crippen LogP contribution in [0.1, 0.15) is 30.1 Å². The van der Waals surface area contributed by atoms with Crippen LogP contribution in [0.3, 0.4) is 0 Å². The van der Waals surface area contributed by atoms with Crippen molar-refractivity contribution in [2.45, 2.75) is 30.7 Å². The van der Waals surface area contributed by atoms with E-state index >= 15 is 0 Å². The van der Waals surface area contributed by atoms with Gasteiger partial charge in [0.1, 0.15) is 6.04 Å². The third kappa shape index (κ3) is 3.48. The van der Waals surface area contributed by atoms with Crippen LogP contribution < -0.4 is 5.73 Å². The molecule has 2 aliphatic rings. The number of hydrogen-bond donors (Lipinski definition) is 1. The summed E-state index contributed by atoms with van der Waals surface area (Å²) in [4.78, 5) is 42.9. The Morgan fingerprint density at radius 3 is 2.10 bits per heavy atom. The normalized spacial score (nSPS) is 24.1. The van der Waals surface area contributed by atoms with Gasteiger partial charge in [-0.1, -0.05) is 60.7 Å². The van der Waals surface area contributed by atoms with Crippen LogP contribution in [0, 0.1) is 0 Å². The molecule has 0 saturated carbocycles. The van der Waals surface area contributed by atoms with E-state index in [9.17, 15) is 14.4 Å². The second-order valence-electron chi connectivity index (χ2n) is 6.90. The van der Waals surface area contributed by atoms with E-state index in [0.29, 0.717) is 0 Å². The van der Waals surface area contributed by atoms with Crippen molar-refractivity contribution in [3.8, 4) is 0 Å². The van der Waals surface area contributed by atoms with Gasteiger partial charge in [0.2, 0.25) is 0 Å². The fourth-order valence-electron chi connectivity index (χ4n) is 3.44. The van der Waals surface area contributed by atoms with Gasteiger partial charge in [-0.25, -0.2) is 4.79 Å². The Balaban J connectivity index is 1.68. The number of esters is 2. The lowest BCUT2D eigenvalue weighted by Crippen LogP contribution is -2.57. The molecule has 8 nitrogen and oxygen atoms in total. The highest BCUT2D eigenvalue weighted by Crippen LogP contribution is 2.37. The van der Waals surface area contributed by atoms with Gasteiger partial charge in [-0.05, 0) is 11.1 Å². The van der Waals surface area contributed by atoms with E-state index in [4.69, 9.17) is 20.0 Å². The van der Waals surface area contributed by atoms with Crippen LogP contribution in [-0.4, -0.2) is 41.3 Å². The number of nitrogens with two attached hydrogens (primary N) is 1. The zero-order chi connectivity index (χ0) is 20.4. The molecular weight excluding hydrogens is 376 g/mol. The van der Waals surface area contributed by atoms with Gasteiger partial charge in [0, 0.05) is 6.42 Å². The highest BCUT2D eigenvalue weighted by molar-refractivity contribution is 5.93. The first-order valence-electron chi connectivity index (χ1n) is 9.26. The van der Waals surface area contributed by atoms with Crippen molar-refractivity contribution in [3.63, 3.8) is 0 Å². The second-order valence-corrected chi connectivity index (χ2v) is 6.90. The van der Waals surface area contributed by atoms with E-state index in [1.54, 1.807) is 0 Å². The number of amides is 1. The SMILES string of the molecule is NC1CON(C2(C(=O)OC(c3ccccc3)c3ccccc3)CCC(=O)O2)C1=O. The number of ether oxygens (including phenoxy) is 2. The molecule has 2 aromatic carbocycles. The lowest BCUT2D eigenvalue weighted by atomic mass is 10.0.